The zero-order valence-electron chi connectivity index (χ0n) is 14.7. The zero-order valence-corrected chi connectivity index (χ0v) is 14.7. The molecule has 0 aromatic heterocycles. The van der Waals surface area contributed by atoms with E-state index in [9.17, 15) is 18.0 Å². The Labute approximate surface area is 142 Å². The second-order valence-electron chi connectivity index (χ2n) is 7.66. The average Bonchev–Trinajstić information content (AvgIpc) is 2.45. The molecule has 0 aromatic carbocycles. The number of rotatable bonds is 5. The number of carbonyl (C=O) groups excluding carboxylic acids is 1. The molecule has 2 fully saturated rings. The Morgan fingerprint density at radius 3 is 2.21 bits per heavy atom. The van der Waals surface area contributed by atoms with Crippen LogP contribution in [0.25, 0.3) is 0 Å². The summed E-state index contributed by atoms with van der Waals surface area (Å²) in [6, 6.07) is 0. The van der Waals surface area contributed by atoms with Gasteiger partial charge in [-0.1, -0.05) is 13.8 Å². The maximum atomic E-state index is 12.4. The third kappa shape index (κ3) is 6.59. The fourth-order valence-electron chi connectivity index (χ4n) is 4.06. The van der Waals surface area contributed by atoms with E-state index in [4.69, 9.17) is 0 Å². The van der Waals surface area contributed by atoms with E-state index in [0.717, 1.165) is 19.6 Å². The molecular formula is C17H30F3N3O. The Balaban J connectivity index is 1.63. The van der Waals surface area contributed by atoms with Crippen LogP contribution in [0.4, 0.5) is 13.2 Å². The van der Waals surface area contributed by atoms with Crippen LogP contribution in [0, 0.1) is 17.8 Å². The molecule has 2 heterocycles. The molecule has 0 aromatic rings. The molecule has 1 amide bonds. The molecule has 7 heteroatoms. The predicted octanol–water partition coefficient (Wildman–Crippen LogP) is 2.35. The van der Waals surface area contributed by atoms with E-state index >= 15 is 0 Å². The molecule has 2 saturated heterocycles. The van der Waals surface area contributed by atoms with E-state index in [1.54, 1.807) is 0 Å². The Bertz CT molecular complexity index is 398. The fraction of sp³-hybridized carbons (Fsp3) is 0.941. The number of hydrogen-bond acceptors (Lipinski definition) is 3. The summed E-state index contributed by atoms with van der Waals surface area (Å²) in [4.78, 5) is 16.0. The molecule has 4 nitrogen and oxygen atoms in total. The summed E-state index contributed by atoms with van der Waals surface area (Å²) in [5, 5.41) is 2.97. The van der Waals surface area contributed by atoms with Crippen LogP contribution in [0.2, 0.25) is 0 Å². The van der Waals surface area contributed by atoms with Gasteiger partial charge in [0.25, 0.3) is 0 Å². The van der Waals surface area contributed by atoms with Crippen molar-refractivity contribution in [2.75, 3.05) is 45.8 Å². The summed E-state index contributed by atoms with van der Waals surface area (Å²) in [7, 11) is 0. The Kier molecular flexibility index (Phi) is 6.92. The number of nitrogens with one attached hydrogen (secondary N) is 1. The molecule has 2 atom stereocenters. The summed E-state index contributed by atoms with van der Waals surface area (Å²) in [5.41, 5.74) is 0. The fourth-order valence-corrected chi connectivity index (χ4v) is 4.06. The predicted molar refractivity (Wildman–Crippen MR) is 87.6 cm³/mol. The van der Waals surface area contributed by atoms with E-state index in [-0.39, 0.29) is 11.8 Å². The largest absolute Gasteiger partial charge is 0.401 e. The maximum absolute atomic E-state index is 12.4. The standard InChI is InChI=1S/C17H30F3N3O/c1-13-9-14(2)11-23(10-13)8-5-21-16(24)15-3-6-22(7-4-15)12-17(18,19)20/h13-15H,3-12H2,1-2H3,(H,21,24)/t13-,14-/m1/s1. The minimum absolute atomic E-state index is 0.000218. The number of carbonyl (C=O) groups is 1. The van der Waals surface area contributed by atoms with Gasteiger partial charge in [-0.15, -0.1) is 0 Å². The van der Waals surface area contributed by atoms with Crippen molar-refractivity contribution in [1.29, 1.82) is 0 Å². The van der Waals surface area contributed by atoms with Crippen molar-refractivity contribution in [2.45, 2.75) is 39.3 Å². The summed E-state index contributed by atoms with van der Waals surface area (Å²) in [6.45, 7) is 7.98. The highest BCUT2D eigenvalue weighted by atomic mass is 19.4. The van der Waals surface area contributed by atoms with Gasteiger partial charge in [0.2, 0.25) is 5.91 Å². The van der Waals surface area contributed by atoms with Crippen molar-refractivity contribution in [3.05, 3.63) is 0 Å². The van der Waals surface area contributed by atoms with Crippen LogP contribution >= 0.6 is 0 Å². The van der Waals surface area contributed by atoms with Crippen LogP contribution < -0.4 is 5.32 Å². The molecule has 1 N–H and O–H groups in total. The van der Waals surface area contributed by atoms with Crippen LogP contribution in [0.5, 0.6) is 0 Å². The van der Waals surface area contributed by atoms with E-state index in [0.29, 0.717) is 44.3 Å². The van der Waals surface area contributed by atoms with Gasteiger partial charge in [-0.2, -0.15) is 13.2 Å². The lowest BCUT2D eigenvalue weighted by atomic mass is 9.92. The minimum Gasteiger partial charge on any atom is -0.355 e. The molecule has 24 heavy (non-hydrogen) atoms. The molecule has 2 rings (SSSR count). The number of hydrogen-bond donors (Lipinski definition) is 1. The van der Waals surface area contributed by atoms with Crippen molar-refractivity contribution >= 4 is 5.91 Å². The lowest BCUT2D eigenvalue weighted by Crippen LogP contribution is -2.46. The van der Waals surface area contributed by atoms with Crippen LogP contribution in [0.15, 0.2) is 0 Å². The first kappa shape index (κ1) is 19.5. The van der Waals surface area contributed by atoms with Crippen molar-refractivity contribution < 1.29 is 18.0 Å². The van der Waals surface area contributed by atoms with Crippen LogP contribution in [0.3, 0.4) is 0 Å². The molecule has 0 spiro atoms. The first-order chi connectivity index (χ1) is 11.2. The highest BCUT2D eigenvalue weighted by Crippen LogP contribution is 2.23. The van der Waals surface area contributed by atoms with Crippen molar-refractivity contribution in [3.63, 3.8) is 0 Å². The lowest BCUT2D eigenvalue weighted by Gasteiger charge is -2.35. The van der Waals surface area contributed by atoms with Crippen molar-refractivity contribution in [3.8, 4) is 0 Å². The molecule has 0 aliphatic carbocycles. The summed E-state index contributed by atoms with van der Waals surface area (Å²) >= 11 is 0. The van der Waals surface area contributed by atoms with Gasteiger partial charge in [-0.05, 0) is 44.2 Å². The molecule has 0 saturated carbocycles. The molecule has 0 radical (unpaired) electrons. The summed E-state index contributed by atoms with van der Waals surface area (Å²) in [6.07, 6.45) is -1.86. The summed E-state index contributed by atoms with van der Waals surface area (Å²) < 4.78 is 37.1. The van der Waals surface area contributed by atoms with Gasteiger partial charge >= 0.3 is 6.18 Å². The normalized spacial score (nSPS) is 28.0. The minimum atomic E-state index is -4.15. The van der Waals surface area contributed by atoms with Gasteiger partial charge < -0.3 is 10.2 Å². The van der Waals surface area contributed by atoms with E-state index in [1.165, 1.54) is 11.3 Å². The molecular weight excluding hydrogens is 319 g/mol. The van der Waals surface area contributed by atoms with Gasteiger partial charge in [0.15, 0.2) is 0 Å². The highest BCUT2D eigenvalue weighted by molar-refractivity contribution is 5.78. The third-order valence-electron chi connectivity index (χ3n) is 5.03. The van der Waals surface area contributed by atoms with Crippen LogP contribution in [-0.2, 0) is 4.79 Å². The Hall–Kier alpha value is -0.820. The van der Waals surface area contributed by atoms with Gasteiger partial charge in [0.05, 0.1) is 6.54 Å². The third-order valence-corrected chi connectivity index (χ3v) is 5.03. The lowest BCUT2D eigenvalue weighted by molar-refractivity contribution is -0.149. The SMILES string of the molecule is C[C@@H]1C[C@@H](C)CN(CCNC(=O)C2CCN(CC(F)(F)F)CC2)C1. The molecule has 140 valence electrons. The average molecular weight is 349 g/mol. The molecule has 0 unspecified atom stereocenters. The second-order valence-corrected chi connectivity index (χ2v) is 7.66. The number of nitrogens with zero attached hydrogens (tertiary/aromatic N) is 2. The van der Waals surface area contributed by atoms with Crippen molar-refractivity contribution in [2.24, 2.45) is 17.8 Å². The molecule has 2 aliphatic heterocycles. The Morgan fingerprint density at radius 2 is 1.67 bits per heavy atom. The van der Waals surface area contributed by atoms with E-state index in [2.05, 4.69) is 24.1 Å². The van der Waals surface area contributed by atoms with E-state index in [1.807, 2.05) is 0 Å². The number of amides is 1. The van der Waals surface area contributed by atoms with Crippen molar-refractivity contribution in [1.82, 2.24) is 15.1 Å². The van der Waals surface area contributed by atoms with Gasteiger partial charge in [-0.25, -0.2) is 0 Å². The monoisotopic (exact) mass is 349 g/mol. The smallest absolute Gasteiger partial charge is 0.355 e. The first-order valence-electron chi connectivity index (χ1n) is 9.02. The maximum Gasteiger partial charge on any atom is 0.401 e. The summed E-state index contributed by atoms with van der Waals surface area (Å²) in [5.74, 6) is 1.25. The van der Waals surface area contributed by atoms with Gasteiger partial charge in [-0.3, -0.25) is 9.69 Å². The van der Waals surface area contributed by atoms with Crippen LogP contribution in [-0.4, -0.2) is 67.7 Å². The molecule has 2 aliphatic rings. The first-order valence-corrected chi connectivity index (χ1v) is 9.02. The van der Waals surface area contributed by atoms with Gasteiger partial charge in [0, 0.05) is 32.1 Å². The quantitative estimate of drug-likeness (QED) is 0.828. The zero-order chi connectivity index (χ0) is 17.7. The second kappa shape index (κ2) is 8.52. The number of piperidine rings is 2. The number of alkyl halides is 3. The van der Waals surface area contributed by atoms with Crippen LogP contribution in [0.1, 0.15) is 33.1 Å². The Morgan fingerprint density at radius 1 is 1.08 bits per heavy atom. The number of halogens is 3. The highest BCUT2D eigenvalue weighted by Gasteiger charge is 2.33. The van der Waals surface area contributed by atoms with Gasteiger partial charge in [0.1, 0.15) is 0 Å². The van der Waals surface area contributed by atoms with E-state index < -0.39 is 12.7 Å². The topological polar surface area (TPSA) is 35.6 Å². The number of likely N-dealkylation sites (tertiary alicyclic amines) is 2. The molecule has 0 bridgehead atoms.